The first-order valence-corrected chi connectivity index (χ1v) is 11.4. The van der Waals surface area contributed by atoms with Gasteiger partial charge in [0.15, 0.2) is 0 Å². The quantitative estimate of drug-likeness (QED) is 0.694. The number of hydrogen-bond donors (Lipinski definition) is 2. The van der Waals surface area contributed by atoms with E-state index in [-0.39, 0.29) is 36.9 Å². The molecule has 8 nitrogen and oxygen atoms in total. The normalized spacial score (nSPS) is 22.6. The van der Waals surface area contributed by atoms with Crippen molar-refractivity contribution in [2.75, 3.05) is 6.54 Å². The summed E-state index contributed by atoms with van der Waals surface area (Å²) in [6.07, 6.45) is 9.29. The number of aromatic nitrogens is 1. The van der Waals surface area contributed by atoms with Gasteiger partial charge in [0.05, 0.1) is 6.04 Å². The molecule has 31 heavy (non-hydrogen) atoms. The number of urea groups is 1. The topological polar surface area (TPSA) is 109 Å². The summed E-state index contributed by atoms with van der Waals surface area (Å²) in [5.41, 5.74) is 6.45. The Morgan fingerprint density at radius 2 is 2.00 bits per heavy atom. The summed E-state index contributed by atoms with van der Waals surface area (Å²) in [5, 5.41) is 3.13. The molecular weight excluding hydrogens is 394 g/mol. The van der Waals surface area contributed by atoms with Crippen LogP contribution < -0.4 is 11.1 Å². The van der Waals surface area contributed by atoms with Crippen LogP contribution >= 0.6 is 0 Å². The van der Waals surface area contributed by atoms with Gasteiger partial charge in [-0.3, -0.25) is 14.6 Å². The van der Waals surface area contributed by atoms with Crippen molar-refractivity contribution in [1.82, 2.24) is 20.1 Å². The Morgan fingerprint density at radius 1 is 1.26 bits per heavy atom. The minimum Gasteiger partial charge on any atom is -0.370 e. The lowest BCUT2D eigenvalue weighted by Crippen LogP contribution is -2.66. The van der Waals surface area contributed by atoms with Crippen LogP contribution in [-0.2, 0) is 16.1 Å². The molecule has 1 aromatic heterocycles. The Labute approximate surface area is 184 Å². The lowest BCUT2D eigenvalue weighted by molar-refractivity contribution is -0.145. The van der Waals surface area contributed by atoms with Gasteiger partial charge in [0.1, 0.15) is 6.04 Å². The van der Waals surface area contributed by atoms with Crippen molar-refractivity contribution in [3.05, 3.63) is 30.1 Å². The summed E-state index contributed by atoms with van der Waals surface area (Å²) in [6.45, 7) is 4.75. The molecule has 2 aliphatic rings. The zero-order valence-corrected chi connectivity index (χ0v) is 18.6. The summed E-state index contributed by atoms with van der Waals surface area (Å²) >= 11 is 0. The van der Waals surface area contributed by atoms with Gasteiger partial charge in [-0.25, -0.2) is 4.79 Å². The SMILES string of the molecule is CC(C)CC1C(=O)N(Cc2cccnc2)CC(CC(N)=O)N1C(=O)NC1CCCCC1. The van der Waals surface area contributed by atoms with Gasteiger partial charge in [-0.1, -0.05) is 39.2 Å². The number of piperazine rings is 1. The van der Waals surface area contributed by atoms with Gasteiger partial charge in [0.25, 0.3) is 0 Å². The molecule has 2 unspecified atom stereocenters. The van der Waals surface area contributed by atoms with Crippen LogP contribution in [0.25, 0.3) is 0 Å². The maximum Gasteiger partial charge on any atom is 0.318 e. The summed E-state index contributed by atoms with van der Waals surface area (Å²) in [5.74, 6) is -0.344. The Kier molecular flexibility index (Phi) is 7.87. The van der Waals surface area contributed by atoms with Crippen LogP contribution in [0.5, 0.6) is 0 Å². The van der Waals surface area contributed by atoms with Gasteiger partial charge >= 0.3 is 6.03 Å². The molecule has 1 saturated heterocycles. The zero-order chi connectivity index (χ0) is 22.4. The fourth-order valence-corrected chi connectivity index (χ4v) is 4.73. The molecule has 1 aliphatic heterocycles. The second kappa shape index (κ2) is 10.6. The first kappa shape index (κ1) is 23.0. The third-order valence-electron chi connectivity index (χ3n) is 6.15. The van der Waals surface area contributed by atoms with E-state index in [1.165, 1.54) is 6.42 Å². The van der Waals surface area contributed by atoms with Crippen LogP contribution in [0, 0.1) is 5.92 Å². The number of nitrogens with zero attached hydrogens (tertiary/aromatic N) is 3. The minimum absolute atomic E-state index is 0.0313. The van der Waals surface area contributed by atoms with E-state index < -0.39 is 18.0 Å². The molecule has 170 valence electrons. The molecule has 0 spiro atoms. The number of amides is 4. The van der Waals surface area contributed by atoms with E-state index in [9.17, 15) is 14.4 Å². The molecule has 0 bridgehead atoms. The first-order chi connectivity index (χ1) is 14.8. The molecule has 8 heteroatoms. The average Bonchev–Trinajstić information content (AvgIpc) is 2.72. The molecule has 0 radical (unpaired) electrons. The highest BCUT2D eigenvalue weighted by Gasteiger charge is 2.44. The lowest BCUT2D eigenvalue weighted by Gasteiger charge is -2.46. The maximum absolute atomic E-state index is 13.5. The van der Waals surface area contributed by atoms with Crippen molar-refractivity contribution in [1.29, 1.82) is 0 Å². The van der Waals surface area contributed by atoms with Crippen molar-refractivity contribution in [2.45, 2.75) is 83.5 Å². The third kappa shape index (κ3) is 6.18. The Morgan fingerprint density at radius 3 is 2.61 bits per heavy atom. The molecule has 0 aromatic carbocycles. The predicted molar refractivity (Wildman–Crippen MR) is 118 cm³/mol. The van der Waals surface area contributed by atoms with Crippen molar-refractivity contribution in [3.63, 3.8) is 0 Å². The highest BCUT2D eigenvalue weighted by molar-refractivity contribution is 5.89. The van der Waals surface area contributed by atoms with Crippen molar-refractivity contribution < 1.29 is 14.4 Å². The molecule has 2 fully saturated rings. The molecule has 3 rings (SSSR count). The minimum atomic E-state index is -0.613. The van der Waals surface area contributed by atoms with Gasteiger partial charge in [0.2, 0.25) is 11.8 Å². The van der Waals surface area contributed by atoms with E-state index in [1.807, 2.05) is 26.0 Å². The first-order valence-electron chi connectivity index (χ1n) is 11.4. The highest BCUT2D eigenvalue weighted by Crippen LogP contribution is 2.27. The molecular formula is C23H35N5O3. The number of nitrogens with two attached hydrogens (primary N) is 1. The van der Waals surface area contributed by atoms with E-state index in [1.54, 1.807) is 22.2 Å². The summed E-state index contributed by atoms with van der Waals surface area (Å²) in [7, 11) is 0. The number of rotatable bonds is 7. The van der Waals surface area contributed by atoms with Gasteiger partial charge in [0, 0.05) is 37.9 Å². The molecule has 2 atom stereocenters. The van der Waals surface area contributed by atoms with Gasteiger partial charge < -0.3 is 20.9 Å². The van der Waals surface area contributed by atoms with Crippen LogP contribution in [0.1, 0.15) is 64.4 Å². The smallest absolute Gasteiger partial charge is 0.318 e. The van der Waals surface area contributed by atoms with Crippen LogP contribution in [0.4, 0.5) is 4.79 Å². The van der Waals surface area contributed by atoms with E-state index in [0.717, 1.165) is 31.2 Å². The molecule has 4 amide bonds. The zero-order valence-electron chi connectivity index (χ0n) is 18.6. The van der Waals surface area contributed by atoms with Crippen LogP contribution in [0.3, 0.4) is 0 Å². The molecule has 1 aromatic rings. The highest BCUT2D eigenvalue weighted by atomic mass is 16.2. The van der Waals surface area contributed by atoms with Crippen molar-refractivity contribution in [2.24, 2.45) is 11.7 Å². The van der Waals surface area contributed by atoms with Crippen LogP contribution in [-0.4, -0.2) is 57.3 Å². The van der Waals surface area contributed by atoms with Crippen molar-refractivity contribution >= 4 is 17.8 Å². The van der Waals surface area contributed by atoms with Gasteiger partial charge in [-0.15, -0.1) is 0 Å². The molecule has 3 N–H and O–H groups in total. The number of hydrogen-bond acceptors (Lipinski definition) is 4. The van der Waals surface area contributed by atoms with E-state index >= 15 is 0 Å². The molecule has 2 heterocycles. The molecule has 1 saturated carbocycles. The number of carbonyl (C=O) groups excluding carboxylic acids is 3. The predicted octanol–water partition coefficient (Wildman–Crippen LogP) is 2.43. The van der Waals surface area contributed by atoms with Crippen LogP contribution in [0.15, 0.2) is 24.5 Å². The Hall–Kier alpha value is -2.64. The van der Waals surface area contributed by atoms with Gasteiger partial charge in [-0.05, 0) is 36.8 Å². The fourth-order valence-electron chi connectivity index (χ4n) is 4.73. The Bertz CT molecular complexity index is 764. The van der Waals surface area contributed by atoms with Gasteiger partial charge in [-0.2, -0.15) is 0 Å². The maximum atomic E-state index is 13.5. The molecule has 1 aliphatic carbocycles. The van der Waals surface area contributed by atoms with E-state index in [0.29, 0.717) is 13.0 Å². The van der Waals surface area contributed by atoms with Crippen LogP contribution in [0.2, 0.25) is 0 Å². The van der Waals surface area contributed by atoms with E-state index in [2.05, 4.69) is 10.3 Å². The monoisotopic (exact) mass is 429 g/mol. The largest absolute Gasteiger partial charge is 0.370 e. The number of carbonyl (C=O) groups is 3. The Balaban J connectivity index is 1.84. The summed E-state index contributed by atoms with van der Waals surface area (Å²) in [4.78, 5) is 46.1. The standard InChI is InChI=1S/C23H35N5O3/c1-16(2)11-20-22(30)27(14-17-7-6-10-25-13-17)15-19(12-21(24)29)28(20)23(31)26-18-8-4-3-5-9-18/h6-7,10,13,16,18-20H,3-5,8-9,11-12,14-15H2,1-2H3,(H2,24,29)(H,26,31). The average molecular weight is 430 g/mol. The fraction of sp³-hybridized carbons (Fsp3) is 0.652. The van der Waals surface area contributed by atoms with E-state index in [4.69, 9.17) is 5.73 Å². The third-order valence-corrected chi connectivity index (χ3v) is 6.15. The number of primary amides is 1. The summed E-state index contributed by atoms with van der Waals surface area (Å²) in [6, 6.07) is 2.57. The number of nitrogens with one attached hydrogen (secondary N) is 1. The summed E-state index contributed by atoms with van der Waals surface area (Å²) < 4.78 is 0. The second-order valence-corrected chi connectivity index (χ2v) is 9.24. The second-order valence-electron chi connectivity index (χ2n) is 9.24. The lowest BCUT2D eigenvalue weighted by atomic mass is 9.94. The number of pyridine rings is 1. The van der Waals surface area contributed by atoms with Crippen molar-refractivity contribution in [3.8, 4) is 0 Å².